The van der Waals surface area contributed by atoms with Gasteiger partial charge in [0, 0.05) is 25.6 Å². The van der Waals surface area contributed by atoms with E-state index in [-0.39, 0.29) is 29.8 Å². The van der Waals surface area contributed by atoms with Gasteiger partial charge in [-0.05, 0) is 55.7 Å². The van der Waals surface area contributed by atoms with Crippen molar-refractivity contribution in [2.24, 2.45) is 11.8 Å². The lowest BCUT2D eigenvalue weighted by Crippen LogP contribution is -2.44. The molecular weight excluding hydrogens is 372 g/mol. The van der Waals surface area contributed by atoms with Gasteiger partial charge in [-0.15, -0.1) is 0 Å². The summed E-state index contributed by atoms with van der Waals surface area (Å²) >= 11 is 0. The lowest BCUT2D eigenvalue weighted by atomic mass is 9.89. The van der Waals surface area contributed by atoms with Crippen LogP contribution in [0.2, 0.25) is 0 Å². The molecule has 2 amide bonds. The van der Waals surface area contributed by atoms with E-state index in [4.69, 9.17) is 9.47 Å². The van der Waals surface area contributed by atoms with E-state index in [9.17, 15) is 14.7 Å². The number of ether oxygens (including phenoxy) is 2. The van der Waals surface area contributed by atoms with Gasteiger partial charge in [-0.1, -0.05) is 19.4 Å². The molecule has 0 spiro atoms. The number of hydrogen-bond acceptors (Lipinski definition) is 5. The summed E-state index contributed by atoms with van der Waals surface area (Å²) in [6.45, 7) is 3.67. The molecule has 1 aromatic carbocycles. The van der Waals surface area contributed by atoms with E-state index in [0.29, 0.717) is 44.1 Å². The summed E-state index contributed by atoms with van der Waals surface area (Å²) in [4.78, 5) is 26.6. The molecule has 1 aromatic rings. The summed E-state index contributed by atoms with van der Waals surface area (Å²) in [6, 6.07) is 5.01. The maximum absolute atomic E-state index is 12.5. The van der Waals surface area contributed by atoms with Crippen LogP contribution < -0.4 is 10.1 Å². The maximum Gasteiger partial charge on any atom is 0.410 e. The first kappa shape index (κ1) is 21.3. The molecule has 0 aromatic heterocycles. The van der Waals surface area contributed by atoms with Crippen molar-refractivity contribution in [2.45, 2.75) is 58.1 Å². The second-order valence-electron chi connectivity index (χ2n) is 8.26. The molecule has 2 fully saturated rings. The van der Waals surface area contributed by atoms with Crippen LogP contribution >= 0.6 is 0 Å². The van der Waals surface area contributed by atoms with E-state index in [2.05, 4.69) is 12.2 Å². The summed E-state index contributed by atoms with van der Waals surface area (Å²) in [5, 5.41) is 12.6. The number of piperidine rings is 1. The number of carbonyl (C=O) groups is 2. The SMILES string of the molecule is COc1cc(CNC(=O)C2CCN(C(=O)OC3CCCC(C)C3)CC2)ccc1O. The Kier molecular flexibility index (Phi) is 7.23. The number of hydrogen-bond donors (Lipinski definition) is 2. The van der Waals surface area contributed by atoms with E-state index >= 15 is 0 Å². The second-order valence-corrected chi connectivity index (χ2v) is 8.26. The van der Waals surface area contributed by atoms with Crippen molar-refractivity contribution in [3.8, 4) is 11.5 Å². The van der Waals surface area contributed by atoms with Crippen LogP contribution in [0.15, 0.2) is 18.2 Å². The third kappa shape index (κ3) is 5.78. The summed E-state index contributed by atoms with van der Waals surface area (Å²) in [5.41, 5.74) is 0.857. The number of benzene rings is 1. The van der Waals surface area contributed by atoms with Crippen LogP contribution in [0, 0.1) is 11.8 Å². The predicted octanol–water partition coefficient (Wildman–Crippen LogP) is 3.44. The molecule has 2 aliphatic rings. The van der Waals surface area contributed by atoms with Crippen LogP contribution in [-0.4, -0.2) is 48.3 Å². The highest BCUT2D eigenvalue weighted by molar-refractivity contribution is 5.79. The van der Waals surface area contributed by atoms with Crippen molar-refractivity contribution in [2.75, 3.05) is 20.2 Å². The fraction of sp³-hybridized carbons (Fsp3) is 0.636. The third-order valence-corrected chi connectivity index (χ3v) is 5.99. The first-order valence-electron chi connectivity index (χ1n) is 10.6. The first-order chi connectivity index (χ1) is 14.0. The average molecular weight is 405 g/mol. The van der Waals surface area contributed by atoms with Crippen molar-refractivity contribution in [3.63, 3.8) is 0 Å². The summed E-state index contributed by atoms with van der Waals surface area (Å²) < 4.78 is 10.8. The van der Waals surface area contributed by atoms with E-state index in [1.54, 1.807) is 23.1 Å². The number of amides is 2. The number of nitrogens with one attached hydrogen (secondary N) is 1. The molecule has 0 radical (unpaired) electrons. The molecule has 1 heterocycles. The van der Waals surface area contributed by atoms with E-state index in [0.717, 1.165) is 24.8 Å². The minimum atomic E-state index is -0.237. The lowest BCUT2D eigenvalue weighted by molar-refractivity contribution is -0.126. The fourth-order valence-corrected chi connectivity index (χ4v) is 4.19. The molecule has 1 aliphatic heterocycles. The zero-order valence-corrected chi connectivity index (χ0v) is 17.4. The number of methoxy groups -OCH3 is 1. The van der Waals surface area contributed by atoms with E-state index in [1.165, 1.54) is 13.5 Å². The number of rotatable bonds is 5. The van der Waals surface area contributed by atoms with Crippen LogP contribution in [0.25, 0.3) is 0 Å². The largest absolute Gasteiger partial charge is 0.504 e. The van der Waals surface area contributed by atoms with Crippen molar-refractivity contribution in [3.05, 3.63) is 23.8 Å². The predicted molar refractivity (Wildman–Crippen MR) is 109 cm³/mol. The van der Waals surface area contributed by atoms with E-state index < -0.39 is 0 Å². The number of aromatic hydroxyl groups is 1. The van der Waals surface area contributed by atoms with Crippen molar-refractivity contribution >= 4 is 12.0 Å². The Balaban J connectivity index is 1.41. The molecule has 2 atom stereocenters. The normalized spacial score (nSPS) is 22.8. The molecule has 1 saturated heterocycles. The van der Waals surface area contributed by atoms with Gasteiger partial charge in [-0.25, -0.2) is 4.79 Å². The topological polar surface area (TPSA) is 88.1 Å². The van der Waals surface area contributed by atoms with E-state index in [1.807, 2.05) is 0 Å². The zero-order valence-electron chi connectivity index (χ0n) is 17.4. The Morgan fingerprint density at radius 2 is 1.97 bits per heavy atom. The smallest absolute Gasteiger partial charge is 0.410 e. The van der Waals surface area contributed by atoms with Crippen LogP contribution in [0.4, 0.5) is 4.79 Å². The molecule has 0 bridgehead atoms. The van der Waals surface area contributed by atoms with Gasteiger partial charge in [0.25, 0.3) is 0 Å². The Bertz CT molecular complexity index is 715. The summed E-state index contributed by atoms with van der Waals surface area (Å²) in [7, 11) is 1.49. The molecule has 2 N–H and O–H groups in total. The Labute approximate surface area is 172 Å². The van der Waals surface area contributed by atoms with Crippen LogP contribution in [-0.2, 0) is 16.1 Å². The van der Waals surface area contributed by atoms with Crippen molar-refractivity contribution in [1.29, 1.82) is 0 Å². The first-order valence-corrected chi connectivity index (χ1v) is 10.6. The minimum absolute atomic E-state index is 0.00818. The maximum atomic E-state index is 12.5. The second kappa shape index (κ2) is 9.85. The summed E-state index contributed by atoms with van der Waals surface area (Å²) in [5.74, 6) is 0.962. The average Bonchev–Trinajstić information content (AvgIpc) is 2.73. The van der Waals surface area contributed by atoms with Crippen LogP contribution in [0.1, 0.15) is 51.0 Å². The molecule has 1 saturated carbocycles. The molecule has 3 rings (SSSR count). The van der Waals surface area contributed by atoms with Gasteiger partial charge in [-0.3, -0.25) is 4.79 Å². The van der Waals surface area contributed by atoms with Gasteiger partial charge >= 0.3 is 6.09 Å². The monoisotopic (exact) mass is 404 g/mol. The van der Waals surface area contributed by atoms with Crippen molar-refractivity contribution < 1.29 is 24.2 Å². The molecular formula is C22H32N2O5. The Morgan fingerprint density at radius 3 is 2.66 bits per heavy atom. The quantitative estimate of drug-likeness (QED) is 0.785. The molecule has 1 aliphatic carbocycles. The van der Waals surface area contributed by atoms with Crippen molar-refractivity contribution in [1.82, 2.24) is 10.2 Å². The number of nitrogens with zero attached hydrogens (tertiary/aromatic N) is 1. The minimum Gasteiger partial charge on any atom is -0.504 e. The molecule has 160 valence electrons. The van der Waals surface area contributed by atoms with Crippen LogP contribution in [0.5, 0.6) is 11.5 Å². The van der Waals surface area contributed by atoms with Crippen LogP contribution in [0.3, 0.4) is 0 Å². The highest BCUT2D eigenvalue weighted by Gasteiger charge is 2.30. The highest BCUT2D eigenvalue weighted by atomic mass is 16.6. The van der Waals surface area contributed by atoms with Gasteiger partial charge in [-0.2, -0.15) is 0 Å². The molecule has 7 heteroatoms. The third-order valence-electron chi connectivity index (χ3n) is 5.99. The van der Waals surface area contributed by atoms with Gasteiger partial charge in [0.15, 0.2) is 11.5 Å². The highest BCUT2D eigenvalue weighted by Crippen LogP contribution is 2.28. The van der Waals surface area contributed by atoms with Gasteiger partial charge in [0.1, 0.15) is 6.10 Å². The molecule has 7 nitrogen and oxygen atoms in total. The Hall–Kier alpha value is -2.44. The number of phenolic OH excluding ortho intramolecular Hbond substituents is 1. The Morgan fingerprint density at radius 1 is 1.21 bits per heavy atom. The summed E-state index contributed by atoms with van der Waals surface area (Å²) in [6.07, 6.45) is 5.32. The van der Waals surface area contributed by atoms with Gasteiger partial charge in [0.05, 0.1) is 7.11 Å². The standard InChI is InChI=1S/C22H32N2O5/c1-15-4-3-5-18(12-15)29-22(27)24-10-8-17(9-11-24)21(26)23-14-16-6-7-19(25)20(13-16)28-2/h6-7,13,15,17-18,25H,3-5,8-12,14H2,1-2H3,(H,23,26). The number of phenols is 1. The zero-order chi connectivity index (χ0) is 20.8. The van der Waals surface area contributed by atoms with Gasteiger partial charge < -0.3 is 24.8 Å². The number of likely N-dealkylation sites (tertiary alicyclic amines) is 1. The molecule has 2 unspecified atom stereocenters. The number of carbonyl (C=O) groups excluding carboxylic acids is 2. The fourth-order valence-electron chi connectivity index (χ4n) is 4.19. The molecule has 29 heavy (non-hydrogen) atoms. The lowest BCUT2D eigenvalue weighted by Gasteiger charge is -2.33. The van der Waals surface area contributed by atoms with Gasteiger partial charge in [0.2, 0.25) is 5.91 Å².